The number of anilines is 1. The van der Waals surface area contributed by atoms with Crippen molar-refractivity contribution >= 4 is 28.9 Å². The van der Waals surface area contributed by atoms with E-state index in [1.807, 2.05) is 0 Å². The number of hydrogen-bond acceptors (Lipinski definition) is 5. The van der Waals surface area contributed by atoms with Gasteiger partial charge in [0.15, 0.2) is 0 Å². The van der Waals surface area contributed by atoms with Gasteiger partial charge in [0.25, 0.3) is 11.6 Å². The van der Waals surface area contributed by atoms with E-state index in [1.165, 1.54) is 13.2 Å². The Labute approximate surface area is 162 Å². The van der Waals surface area contributed by atoms with Gasteiger partial charge in [0, 0.05) is 18.2 Å². The molecule has 0 aromatic heterocycles. The molecule has 2 aromatic carbocycles. The lowest BCUT2D eigenvalue weighted by atomic mass is 10.1. The minimum Gasteiger partial charge on any atom is -0.489 e. The second-order valence-corrected chi connectivity index (χ2v) is 5.86. The van der Waals surface area contributed by atoms with Crippen LogP contribution in [0.3, 0.4) is 0 Å². The number of methoxy groups -OCH3 is 1. The van der Waals surface area contributed by atoms with Gasteiger partial charge in [-0.3, -0.25) is 14.9 Å². The summed E-state index contributed by atoms with van der Waals surface area (Å²) in [5, 5.41) is 13.4. The molecule has 0 saturated carbocycles. The molecule has 150 valence electrons. The first-order valence-corrected chi connectivity index (χ1v) is 8.09. The van der Waals surface area contributed by atoms with E-state index in [4.69, 9.17) is 21.1 Å². The van der Waals surface area contributed by atoms with E-state index in [0.29, 0.717) is 6.07 Å². The molecule has 0 bridgehead atoms. The Balaban J connectivity index is 2.40. The third-order valence-electron chi connectivity index (χ3n) is 3.50. The van der Waals surface area contributed by atoms with E-state index in [1.54, 1.807) is 0 Å². The highest BCUT2D eigenvalue weighted by Gasteiger charge is 2.32. The van der Waals surface area contributed by atoms with Gasteiger partial charge in [-0.25, -0.2) is 0 Å². The lowest BCUT2D eigenvalue weighted by Gasteiger charge is -2.15. The number of hydrogen-bond donors (Lipinski definition) is 1. The summed E-state index contributed by atoms with van der Waals surface area (Å²) < 4.78 is 49.1. The second-order valence-electron chi connectivity index (χ2n) is 5.42. The van der Waals surface area contributed by atoms with Crippen LogP contribution in [-0.2, 0) is 10.9 Å². The zero-order chi connectivity index (χ0) is 20.9. The predicted molar refractivity (Wildman–Crippen MR) is 94.9 cm³/mol. The number of carbonyl (C=O) groups excluding carboxylic acids is 1. The lowest BCUT2D eigenvalue weighted by molar-refractivity contribution is -0.385. The topological polar surface area (TPSA) is 90.7 Å². The summed E-state index contributed by atoms with van der Waals surface area (Å²) in [4.78, 5) is 22.8. The fraction of sp³-hybridized carbons (Fsp3) is 0.235. The molecule has 0 fully saturated rings. The Morgan fingerprint density at radius 3 is 2.54 bits per heavy atom. The van der Waals surface area contributed by atoms with E-state index < -0.39 is 28.3 Å². The molecule has 1 N–H and O–H groups in total. The molecular formula is C17H14ClF3N2O5. The number of nitro groups is 1. The largest absolute Gasteiger partial charge is 0.489 e. The van der Waals surface area contributed by atoms with E-state index in [0.717, 1.165) is 24.3 Å². The number of alkyl halides is 3. The highest BCUT2D eigenvalue weighted by Crippen LogP contribution is 2.35. The fourth-order valence-corrected chi connectivity index (χ4v) is 2.37. The van der Waals surface area contributed by atoms with Gasteiger partial charge >= 0.3 is 6.18 Å². The van der Waals surface area contributed by atoms with Crippen molar-refractivity contribution in [3.05, 3.63) is 62.7 Å². The van der Waals surface area contributed by atoms with E-state index in [2.05, 4.69) is 5.32 Å². The Morgan fingerprint density at radius 1 is 1.21 bits per heavy atom. The Bertz CT molecular complexity index is 890. The maximum absolute atomic E-state index is 13.0. The van der Waals surface area contributed by atoms with Crippen LogP contribution in [0.2, 0.25) is 5.02 Å². The van der Waals surface area contributed by atoms with Crippen LogP contribution in [0.25, 0.3) is 0 Å². The van der Waals surface area contributed by atoms with Crippen molar-refractivity contribution in [3.8, 4) is 5.75 Å². The monoisotopic (exact) mass is 418 g/mol. The summed E-state index contributed by atoms with van der Waals surface area (Å²) in [5.74, 6) is -1.03. The van der Waals surface area contributed by atoms with Gasteiger partial charge in [-0.15, -0.1) is 0 Å². The standard InChI is InChI=1S/C17H14ClF3N2O5/c1-27-6-7-28-15-5-2-10(17(19,20)21)8-13(15)22-16(24)12-4-3-11(18)9-14(12)23(25)26/h2-5,8-9H,6-7H2,1H3,(H,22,24). The van der Waals surface area contributed by atoms with E-state index in [9.17, 15) is 28.1 Å². The van der Waals surface area contributed by atoms with Crippen molar-refractivity contribution in [2.24, 2.45) is 0 Å². The fourth-order valence-electron chi connectivity index (χ4n) is 2.20. The number of amides is 1. The number of nitrogens with one attached hydrogen (secondary N) is 1. The summed E-state index contributed by atoms with van der Waals surface area (Å²) in [6.45, 7) is 0.183. The van der Waals surface area contributed by atoms with Crippen molar-refractivity contribution < 1.29 is 32.4 Å². The molecule has 0 radical (unpaired) electrons. The summed E-state index contributed by atoms with van der Waals surface area (Å²) in [5.41, 5.74) is -2.26. The second kappa shape index (κ2) is 8.89. The summed E-state index contributed by atoms with van der Waals surface area (Å²) in [6.07, 6.45) is -4.66. The van der Waals surface area contributed by atoms with Crippen LogP contribution >= 0.6 is 11.6 Å². The predicted octanol–water partition coefficient (Wildman–Crippen LogP) is 4.54. The van der Waals surface area contributed by atoms with Crippen molar-refractivity contribution in [2.45, 2.75) is 6.18 Å². The number of rotatable bonds is 7. The van der Waals surface area contributed by atoms with Crippen molar-refractivity contribution in [1.29, 1.82) is 0 Å². The molecule has 0 heterocycles. The molecule has 0 spiro atoms. The van der Waals surface area contributed by atoms with Gasteiger partial charge in [-0.2, -0.15) is 13.2 Å². The Morgan fingerprint density at radius 2 is 1.93 bits per heavy atom. The molecule has 2 rings (SSSR count). The number of nitrogens with zero attached hydrogens (tertiary/aromatic N) is 1. The van der Waals surface area contributed by atoms with Gasteiger partial charge in [0.1, 0.15) is 17.9 Å². The summed E-state index contributed by atoms with van der Waals surface area (Å²) in [7, 11) is 1.42. The molecule has 0 aliphatic heterocycles. The van der Waals surface area contributed by atoms with E-state index >= 15 is 0 Å². The molecule has 1 amide bonds. The Hall–Kier alpha value is -2.85. The molecule has 0 atom stereocenters. The maximum Gasteiger partial charge on any atom is 0.416 e. The first kappa shape index (κ1) is 21.5. The average Bonchev–Trinajstić information content (AvgIpc) is 2.61. The first-order chi connectivity index (χ1) is 13.1. The molecule has 0 aliphatic carbocycles. The molecule has 11 heteroatoms. The van der Waals surface area contributed by atoms with Crippen molar-refractivity contribution in [3.63, 3.8) is 0 Å². The van der Waals surface area contributed by atoms with Gasteiger partial charge < -0.3 is 14.8 Å². The molecular weight excluding hydrogens is 405 g/mol. The van der Waals surface area contributed by atoms with Crippen LogP contribution in [-0.4, -0.2) is 31.2 Å². The van der Waals surface area contributed by atoms with Crippen LogP contribution in [0.1, 0.15) is 15.9 Å². The van der Waals surface area contributed by atoms with Crippen LogP contribution in [0.5, 0.6) is 5.75 Å². The number of ether oxygens (including phenoxy) is 2. The van der Waals surface area contributed by atoms with Gasteiger partial charge in [0.2, 0.25) is 0 Å². The number of benzene rings is 2. The molecule has 2 aromatic rings. The van der Waals surface area contributed by atoms with Crippen LogP contribution in [0.4, 0.5) is 24.5 Å². The Kier molecular flexibility index (Phi) is 6.81. The minimum absolute atomic E-state index is 0.0197. The lowest BCUT2D eigenvalue weighted by Crippen LogP contribution is -2.16. The molecule has 0 saturated heterocycles. The van der Waals surface area contributed by atoms with Gasteiger partial charge in [-0.1, -0.05) is 11.6 Å². The third kappa shape index (κ3) is 5.33. The SMILES string of the molecule is COCCOc1ccc(C(F)(F)F)cc1NC(=O)c1ccc(Cl)cc1[N+](=O)[O-]. The van der Waals surface area contributed by atoms with Crippen LogP contribution in [0.15, 0.2) is 36.4 Å². The highest BCUT2D eigenvalue weighted by atomic mass is 35.5. The number of nitro benzene ring substituents is 1. The van der Waals surface area contributed by atoms with Crippen molar-refractivity contribution in [2.75, 3.05) is 25.6 Å². The first-order valence-electron chi connectivity index (χ1n) is 7.71. The normalized spacial score (nSPS) is 11.2. The molecule has 28 heavy (non-hydrogen) atoms. The van der Waals surface area contributed by atoms with Crippen LogP contribution in [0, 0.1) is 10.1 Å². The zero-order valence-corrected chi connectivity index (χ0v) is 15.1. The summed E-state index contributed by atoms with van der Waals surface area (Å²) >= 11 is 5.70. The smallest absolute Gasteiger partial charge is 0.416 e. The third-order valence-corrected chi connectivity index (χ3v) is 3.74. The number of halogens is 4. The molecule has 0 aliphatic rings. The molecule has 0 unspecified atom stereocenters. The van der Waals surface area contributed by atoms with Gasteiger partial charge in [-0.05, 0) is 30.3 Å². The zero-order valence-electron chi connectivity index (χ0n) is 14.4. The van der Waals surface area contributed by atoms with Crippen molar-refractivity contribution in [1.82, 2.24) is 0 Å². The average molecular weight is 419 g/mol. The number of carbonyl (C=O) groups is 1. The van der Waals surface area contributed by atoms with Crippen LogP contribution < -0.4 is 10.1 Å². The maximum atomic E-state index is 13.0. The highest BCUT2D eigenvalue weighted by molar-refractivity contribution is 6.31. The quantitative estimate of drug-likeness (QED) is 0.405. The van der Waals surface area contributed by atoms with Gasteiger partial charge in [0.05, 0.1) is 22.8 Å². The van der Waals surface area contributed by atoms with E-state index in [-0.39, 0.29) is 35.2 Å². The summed E-state index contributed by atoms with van der Waals surface area (Å²) in [6, 6.07) is 5.85. The minimum atomic E-state index is -4.66. The molecule has 7 nitrogen and oxygen atoms in total.